The summed E-state index contributed by atoms with van der Waals surface area (Å²) in [6.45, 7) is 8.69. The van der Waals surface area contributed by atoms with Gasteiger partial charge in [0.2, 0.25) is 5.91 Å². The Morgan fingerprint density at radius 2 is 1.60 bits per heavy atom. The molecule has 2 rings (SSSR count). The number of carbonyl (C=O) groups is 2. The van der Waals surface area contributed by atoms with Crippen molar-refractivity contribution in [3.8, 4) is 0 Å². The molecule has 30 heavy (non-hydrogen) atoms. The average molecular weight is 492 g/mol. The number of hydrogen-bond acceptors (Lipinski definition) is 2. The summed E-state index contributed by atoms with van der Waals surface area (Å²) in [7, 11) is 0. The summed E-state index contributed by atoms with van der Waals surface area (Å²) in [6.07, 6.45) is 7.79. The second kappa shape index (κ2) is 17.1. The van der Waals surface area contributed by atoms with Crippen LogP contribution in [0.5, 0.6) is 0 Å². The van der Waals surface area contributed by atoms with Crippen LogP contribution in [0.2, 0.25) is 0 Å². The predicted octanol–water partition coefficient (Wildman–Crippen LogP) is -1.29. The molecule has 2 N–H and O–H groups in total. The molecule has 1 fully saturated rings. The van der Waals surface area contributed by atoms with Crippen molar-refractivity contribution >= 4 is 11.8 Å². The zero-order valence-corrected chi connectivity index (χ0v) is 21.8. The molecule has 0 bridgehead atoms. The fourth-order valence-electron chi connectivity index (χ4n) is 3.77. The molecule has 0 radical (unpaired) electrons. The van der Waals surface area contributed by atoms with E-state index in [1.807, 2.05) is 6.92 Å². The Bertz CT molecular complexity index is 600. The zero-order valence-electron chi connectivity index (χ0n) is 18.8. The van der Waals surface area contributed by atoms with Crippen molar-refractivity contribution in [3.63, 3.8) is 0 Å². The van der Waals surface area contributed by atoms with Crippen LogP contribution in [0.15, 0.2) is 30.3 Å². The SMILES string of the molecule is CCCC(=O)NC1CC(C)(C)CCC1Cc1ccccc1.CCCC(=O)[NH][Ti+2].[Cl-].[Cl-]. The van der Waals surface area contributed by atoms with Crippen LogP contribution in [0.1, 0.15) is 78.2 Å². The summed E-state index contributed by atoms with van der Waals surface area (Å²) >= 11 is 1.65. The van der Waals surface area contributed by atoms with E-state index in [0.29, 0.717) is 30.2 Å². The van der Waals surface area contributed by atoms with Crippen molar-refractivity contribution in [1.29, 1.82) is 0 Å². The normalized spacial score (nSPS) is 19.1. The molecule has 0 saturated heterocycles. The Labute approximate surface area is 207 Å². The van der Waals surface area contributed by atoms with Gasteiger partial charge in [-0.3, -0.25) is 4.79 Å². The molecule has 7 heteroatoms. The molecule has 2 amide bonds. The minimum absolute atomic E-state index is 0. The zero-order chi connectivity index (χ0) is 21.0. The van der Waals surface area contributed by atoms with Gasteiger partial charge < -0.3 is 30.1 Å². The molecule has 1 aliphatic rings. The van der Waals surface area contributed by atoms with Gasteiger partial charge in [0.1, 0.15) is 0 Å². The van der Waals surface area contributed by atoms with E-state index in [-0.39, 0.29) is 36.6 Å². The van der Waals surface area contributed by atoms with E-state index in [4.69, 9.17) is 0 Å². The third-order valence-corrected chi connectivity index (χ3v) is 5.75. The topological polar surface area (TPSA) is 58.2 Å². The maximum absolute atomic E-state index is 12.0. The van der Waals surface area contributed by atoms with Gasteiger partial charge in [-0.05, 0) is 49.0 Å². The fourth-order valence-corrected chi connectivity index (χ4v) is 3.96. The van der Waals surface area contributed by atoms with Gasteiger partial charge in [-0.25, -0.2) is 0 Å². The summed E-state index contributed by atoms with van der Waals surface area (Å²) in [5.41, 5.74) is 1.73. The number of nitrogens with one attached hydrogen (secondary N) is 2. The first-order chi connectivity index (χ1) is 13.3. The van der Waals surface area contributed by atoms with Gasteiger partial charge in [0.15, 0.2) is 0 Å². The molecule has 0 spiro atoms. The molecule has 0 aromatic heterocycles. The van der Waals surface area contributed by atoms with Gasteiger partial charge in [0.05, 0.1) is 0 Å². The van der Waals surface area contributed by atoms with Gasteiger partial charge in [0, 0.05) is 12.5 Å². The Balaban J connectivity index is 0. The molecule has 0 heterocycles. The van der Waals surface area contributed by atoms with Crippen molar-refractivity contribution in [2.75, 3.05) is 0 Å². The number of rotatable bonds is 7. The Kier molecular flexibility index (Phi) is 18.0. The molecule has 1 aliphatic carbocycles. The minimum Gasteiger partial charge on any atom is -1.00 e. The molecule has 0 aliphatic heterocycles. The molecule has 169 valence electrons. The molecule has 4 nitrogen and oxygen atoms in total. The van der Waals surface area contributed by atoms with Gasteiger partial charge in [-0.15, -0.1) is 0 Å². The van der Waals surface area contributed by atoms with E-state index in [1.54, 1.807) is 20.7 Å². The number of halogens is 2. The second-order valence-corrected chi connectivity index (χ2v) is 8.97. The third kappa shape index (κ3) is 13.0. The molecule has 1 saturated carbocycles. The van der Waals surface area contributed by atoms with Crippen LogP contribution in [0.4, 0.5) is 0 Å². The Hall–Kier alpha value is -0.546. The maximum atomic E-state index is 12.0. The van der Waals surface area contributed by atoms with Crippen LogP contribution in [-0.4, -0.2) is 17.9 Å². The van der Waals surface area contributed by atoms with Gasteiger partial charge in [0.25, 0.3) is 0 Å². The van der Waals surface area contributed by atoms with E-state index in [0.717, 1.165) is 25.7 Å². The van der Waals surface area contributed by atoms with Crippen molar-refractivity contribution in [2.45, 2.75) is 85.1 Å². The largest absolute Gasteiger partial charge is 1.00 e. The monoisotopic (exact) mass is 491 g/mol. The van der Waals surface area contributed by atoms with Crippen LogP contribution in [0.25, 0.3) is 0 Å². The van der Waals surface area contributed by atoms with Crippen molar-refractivity contribution < 1.29 is 55.1 Å². The summed E-state index contributed by atoms with van der Waals surface area (Å²) in [6, 6.07) is 11.0. The van der Waals surface area contributed by atoms with E-state index in [1.165, 1.54) is 18.4 Å². The van der Waals surface area contributed by atoms with Crippen LogP contribution in [0.3, 0.4) is 0 Å². The standard InChI is InChI=1S/C19H29NO.C4H9NO.2ClH.Ti/c1-4-8-18(21)20-17-14-19(2,3)12-11-16(17)13-15-9-6-5-7-10-15;1-2-3-4(5)6;;;/h5-7,9-10,16-17H,4,8,11-14H2,1-3H3,(H,20,21);2-3H2,1H3,(H2,5,6);2*1H;/q;;;;+3/p-3. The summed E-state index contributed by atoms with van der Waals surface area (Å²) < 4.78 is 2.53. The Morgan fingerprint density at radius 3 is 2.10 bits per heavy atom. The summed E-state index contributed by atoms with van der Waals surface area (Å²) in [4.78, 5) is 22.3. The smallest absolute Gasteiger partial charge is 1.00 e. The molecular formula is C23H37Cl2N2O2Ti. The molecule has 1 aromatic rings. The quantitative estimate of drug-likeness (QED) is 0.466. The number of benzene rings is 1. The first kappa shape index (κ1) is 31.6. The molecule has 1 aromatic carbocycles. The first-order valence-corrected chi connectivity index (χ1v) is 11.4. The van der Waals surface area contributed by atoms with Crippen molar-refractivity contribution in [2.24, 2.45) is 11.3 Å². The van der Waals surface area contributed by atoms with Crippen LogP contribution < -0.4 is 33.9 Å². The molecular weight excluding hydrogens is 455 g/mol. The van der Waals surface area contributed by atoms with E-state index in [9.17, 15) is 9.59 Å². The first-order valence-electron chi connectivity index (χ1n) is 10.6. The van der Waals surface area contributed by atoms with Gasteiger partial charge >= 0.3 is 55.0 Å². The second-order valence-electron chi connectivity index (χ2n) is 8.58. The predicted molar refractivity (Wildman–Crippen MR) is 111 cm³/mol. The molecule has 2 atom stereocenters. The van der Waals surface area contributed by atoms with Crippen molar-refractivity contribution in [3.05, 3.63) is 35.9 Å². The molecule has 2 unspecified atom stereocenters. The maximum Gasteiger partial charge on any atom is -1.00 e. The van der Waals surface area contributed by atoms with Crippen molar-refractivity contribution in [1.82, 2.24) is 9.12 Å². The van der Waals surface area contributed by atoms with E-state index in [2.05, 4.69) is 60.2 Å². The summed E-state index contributed by atoms with van der Waals surface area (Å²) in [5, 5.41) is 3.31. The van der Waals surface area contributed by atoms with Gasteiger partial charge in [-0.2, -0.15) is 0 Å². The summed E-state index contributed by atoms with van der Waals surface area (Å²) in [5.74, 6) is 0.919. The van der Waals surface area contributed by atoms with Crippen LogP contribution in [-0.2, 0) is 36.7 Å². The van der Waals surface area contributed by atoms with E-state index >= 15 is 0 Å². The number of hydrogen-bond donors (Lipinski definition) is 2. The third-order valence-electron chi connectivity index (χ3n) is 5.31. The van der Waals surface area contributed by atoms with E-state index < -0.39 is 0 Å². The van der Waals surface area contributed by atoms with Crippen LogP contribution >= 0.6 is 0 Å². The minimum atomic E-state index is 0. The fraction of sp³-hybridized carbons (Fsp3) is 0.652. The number of carbonyl (C=O) groups excluding carboxylic acids is 2. The number of amides is 2. The Morgan fingerprint density at radius 1 is 1.03 bits per heavy atom. The van der Waals surface area contributed by atoms with Gasteiger partial charge in [-0.1, -0.05) is 51.1 Å². The van der Waals surface area contributed by atoms with Crippen LogP contribution in [0, 0.1) is 11.3 Å². The average Bonchev–Trinajstić information content (AvgIpc) is 2.65.